The third-order valence-corrected chi connectivity index (χ3v) is 2.37. The van der Waals surface area contributed by atoms with Gasteiger partial charge in [0.15, 0.2) is 0 Å². The minimum atomic E-state index is -0.989. The molecule has 1 aliphatic rings. The first-order valence-electron chi connectivity index (χ1n) is 5.33. The van der Waals surface area contributed by atoms with Crippen molar-refractivity contribution in [3.05, 3.63) is 0 Å². The number of rotatable bonds is 6. The molecule has 0 aliphatic heterocycles. The van der Waals surface area contributed by atoms with E-state index >= 15 is 0 Å². The minimum absolute atomic E-state index is 0.113. The van der Waals surface area contributed by atoms with Crippen molar-refractivity contribution in [3.8, 4) is 0 Å². The average molecular weight is 244 g/mol. The van der Waals surface area contributed by atoms with Crippen molar-refractivity contribution in [1.29, 1.82) is 0 Å². The molecule has 2 N–H and O–H groups in total. The van der Waals surface area contributed by atoms with Gasteiger partial charge in [-0.25, -0.2) is 4.79 Å². The second-order valence-electron chi connectivity index (χ2n) is 4.05. The molecule has 1 aliphatic carbocycles. The van der Waals surface area contributed by atoms with Crippen LogP contribution in [0.1, 0.15) is 12.8 Å². The average Bonchev–Trinajstić information content (AvgIpc) is 2.99. The number of carboxylic acid groups (broad SMARTS) is 1. The van der Waals surface area contributed by atoms with E-state index in [4.69, 9.17) is 5.11 Å². The minimum Gasteiger partial charge on any atom is -0.480 e. The highest BCUT2D eigenvalue weighted by atomic mass is 16.5. The van der Waals surface area contributed by atoms with Crippen LogP contribution in [0.5, 0.6) is 0 Å². The second-order valence-corrected chi connectivity index (χ2v) is 4.05. The number of carbonyl (C=O) groups is 3. The number of carbonyl (C=O) groups excluding carboxylic acids is 2. The number of carboxylic acids is 1. The van der Waals surface area contributed by atoms with Crippen molar-refractivity contribution in [1.82, 2.24) is 10.2 Å². The Balaban J connectivity index is 2.37. The van der Waals surface area contributed by atoms with E-state index in [1.807, 2.05) is 5.32 Å². The summed E-state index contributed by atoms with van der Waals surface area (Å²) in [5, 5.41) is 10.7. The zero-order valence-corrected chi connectivity index (χ0v) is 9.64. The Morgan fingerprint density at radius 1 is 1.35 bits per heavy atom. The van der Waals surface area contributed by atoms with Crippen molar-refractivity contribution in [2.24, 2.45) is 5.92 Å². The molecule has 0 aromatic carbocycles. The van der Waals surface area contributed by atoms with E-state index in [0.717, 1.165) is 20.0 Å². The van der Waals surface area contributed by atoms with Crippen molar-refractivity contribution in [3.63, 3.8) is 0 Å². The summed E-state index contributed by atoms with van der Waals surface area (Å²) in [6.45, 7) is 0.254. The van der Waals surface area contributed by atoms with Gasteiger partial charge in [-0.3, -0.25) is 19.8 Å². The maximum Gasteiger partial charge on any atom is 0.413 e. The van der Waals surface area contributed by atoms with Gasteiger partial charge < -0.3 is 9.84 Å². The van der Waals surface area contributed by atoms with E-state index in [9.17, 15) is 14.4 Å². The fourth-order valence-electron chi connectivity index (χ4n) is 1.45. The lowest BCUT2D eigenvalue weighted by molar-refractivity contribution is -0.138. The first-order valence-corrected chi connectivity index (χ1v) is 5.33. The quantitative estimate of drug-likeness (QED) is 0.664. The molecule has 7 nitrogen and oxygen atoms in total. The summed E-state index contributed by atoms with van der Waals surface area (Å²) in [6, 6.07) is 0. The van der Waals surface area contributed by atoms with Gasteiger partial charge in [0.2, 0.25) is 5.91 Å². The molecule has 0 unspecified atom stereocenters. The molecule has 2 amide bonds. The second kappa shape index (κ2) is 6.19. The predicted molar refractivity (Wildman–Crippen MR) is 57.3 cm³/mol. The Morgan fingerprint density at radius 3 is 2.47 bits per heavy atom. The van der Waals surface area contributed by atoms with Crippen LogP contribution in [0.4, 0.5) is 4.79 Å². The molecule has 0 spiro atoms. The van der Waals surface area contributed by atoms with Crippen molar-refractivity contribution >= 4 is 18.0 Å². The van der Waals surface area contributed by atoms with Crippen LogP contribution >= 0.6 is 0 Å². The fraction of sp³-hybridized carbons (Fsp3) is 0.700. The van der Waals surface area contributed by atoms with Gasteiger partial charge in [-0.05, 0) is 18.8 Å². The van der Waals surface area contributed by atoms with Crippen LogP contribution in [0.15, 0.2) is 0 Å². The van der Waals surface area contributed by atoms with Crippen LogP contribution in [-0.2, 0) is 14.3 Å². The lowest BCUT2D eigenvalue weighted by atomic mass is 10.3. The van der Waals surface area contributed by atoms with Crippen LogP contribution < -0.4 is 5.32 Å². The monoisotopic (exact) mass is 244 g/mol. The molecule has 96 valence electrons. The first kappa shape index (κ1) is 13.4. The third-order valence-electron chi connectivity index (χ3n) is 2.37. The van der Waals surface area contributed by atoms with E-state index in [0.29, 0.717) is 12.5 Å². The zero-order chi connectivity index (χ0) is 12.8. The first-order chi connectivity index (χ1) is 8.01. The summed E-state index contributed by atoms with van der Waals surface area (Å²) >= 11 is 0. The largest absolute Gasteiger partial charge is 0.480 e. The Labute approximate surface area is 98.7 Å². The van der Waals surface area contributed by atoms with Crippen molar-refractivity contribution in [2.75, 3.05) is 26.7 Å². The third kappa shape index (κ3) is 5.86. The lowest BCUT2D eigenvalue weighted by Gasteiger charge is -2.18. The highest BCUT2D eigenvalue weighted by Crippen LogP contribution is 2.29. The Morgan fingerprint density at radius 2 is 2.00 bits per heavy atom. The van der Waals surface area contributed by atoms with Crippen molar-refractivity contribution < 1.29 is 24.2 Å². The Bertz CT molecular complexity index is 314. The van der Waals surface area contributed by atoms with E-state index in [-0.39, 0.29) is 13.1 Å². The highest BCUT2D eigenvalue weighted by molar-refractivity contribution is 5.92. The number of methoxy groups -OCH3 is 1. The summed E-state index contributed by atoms with van der Waals surface area (Å²) in [5.41, 5.74) is 0. The number of nitrogens with zero attached hydrogens (tertiary/aromatic N) is 1. The molecule has 0 radical (unpaired) electrons. The van der Waals surface area contributed by atoms with Gasteiger partial charge in [-0.1, -0.05) is 0 Å². The van der Waals surface area contributed by atoms with Gasteiger partial charge in [0.25, 0.3) is 0 Å². The van der Waals surface area contributed by atoms with Gasteiger partial charge in [0.1, 0.15) is 0 Å². The van der Waals surface area contributed by atoms with E-state index < -0.39 is 18.0 Å². The number of aliphatic carboxylic acids is 1. The Hall–Kier alpha value is -1.63. The number of nitrogens with one attached hydrogen (secondary N) is 1. The van der Waals surface area contributed by atoms with Crippen LogP contribution in [0.2, 0.25) is 0 Å². The van der Waals surface area contributed by atoms with Gasteiger partial charge in [0, 0.05) is 6.54 Å². The zero-order valence-electron chi connectivity index (χ0n) is 9.64. The van der Waals surface area contributed by atoms with Gasteiger partial charge in [-0.2, -0.15) is 0 Å². The lowest BCUT2D eigenvalue weighted by Crippen LogP contribution is -2.42. The molecule has 0 aromatic rings. The molecule has 17 heavy (non-hydrogen) atoms. The fourth-order valence-corrected chi connectivity index (χ4v) is 1.45. The van der Waals surface area contributed by atoms with E-state index in [2.05, 4.69) is 4.74 Å². The Kier molecular flexibility index (Phi) is 4.89. The topological polar surface area (TPSA) is 95.9 Å². The van der Waals surface area contributed by atoms with Crippen LogP contribution in [-0.4, -0.2) is 54.7 Å². The summed E-state index contributed by atoms with van der Waals surface area (Å²) in [6.07, 6.45) is 1.29. The maximum atomic E-state index is 11.4. The van der Waals surface area contributed by atoms with Gasteiger partial charge in [-0.15, -0.1) is 0 Å². The van der Waals surface area contributed by atoms with E-state index in [1.165, 1.54) is 4.90 Å². The molecule has 0 saturated heterocycles. The molecule has 1 fully saturated rings. The maximum absolute atomic E-state index is 11.4. The standard InChI is InChI=1S/C10H16N2O5/c1-17-10(16)11-8(13)5-12(6-9(14)15)4-7-2-3-7/h7H,2-6H2,1H3,(H,14,15)(H,11,13,16). The molecule has 7 heteroatoms. The van der Waals surface area contributed by atoms with Gasteiger partial charge in [0.05, 0.1) is 20.2 Å². The highest BCUT2D eigenvalue weighted by Gasteiger charge is 2.26. The van der Waals surface area contributed by atoms with Crippen LogP contribution in [0.25, 0.3) is 0 Å². The van der Waals surface area contributed by atoms with E-state index in [1.54, 1.807) is 0 Å². The molecule has 1 saturated carbocycles. The molecule has 0 aromatic heterocycles. The summed E-state index contributed by atoms with van der Waals surface area (Å²) in [5.74, 6) is -1.07. The number of hydrogen-bond donors (Lipinski definition) is 2. The van der Waals surface area contributed by atoms with Crippen molar-refractivity contribution in [2.45, 2.75) is 12.8 Å². The summed E-state index contributed by atoms with van der Waals surface area (Å²) < 4.78 is 4.27. The molecule has 0 bridgehead atoms. The predicted octanol–water partition coefficient (Wildman–Crippen LogP) is -0.334. The number of alkyl carbamates (subject to hydrolysis) is 1. The summed E-state index contributed by atoms with van der Waals surface area (Å²) in [4.78, 5) is 34.2. The van der Waals surface area contributed by atoms with Gasteiger partial charge >= 0.3 is 12.1 Å². The molecule has 0 heterocycles. The number of hydrogen-bond acceptors (Lipinski definition) is 5. The molecule has 1 rings (SSSR count). The molecular weight excluding hydrogens is 228 g/mol. The number of imide groups is 1. The molecule has 0 atom stereocenters. The van der Waals surface area contributed by atoms with Crippen LogP contribution in [0.3, 0.4) is 0 Å². The molecular formula is C10H16N2O5. The smallest absolute Gasteiger partial charge is 0.413 e. The summed E-state index contributed by atoms with van der Waals surface area (Å²) in [7, 11) is 1.15. The normalized spacial score (nSPS) is 14.5. The SMILES string of the molecule is COC(=O)NC(=O)CN(CC(=O)O)CC1CC1. The number of ether oxygens (including phenoxy) is 1. The number of amides is 2. The van der Waals surface area contributed by atoms with Crippen LogP contribution in [0, 0.1) is 5.92 Å².